The van der Waals surface area contributed by atoms with Gasteiger partial charge in [-0.2, -0.15) is 0 Å². The van der Waals surface area contributed by atoms with E-state index < -0.39 is 12.0 Å². The third kappa shape index (κ3) is 5.48. The summed E-state index contributed by atoms with van der Waals surface area (Å²) in [5, 5.41) is 14.3. The molecule has 0 aliphatic carbocycles. The number of likely N-dealkylation sites (N-methyl/N-ethyl adjacent to an activating group) is 1. The topological polar surface area (TPSA) is 91.3 Å². The van der Waals surface area contributed by atoms with E-state index >= 15 is 0 Å². The summed E-state index contributed by atoms with van der Waals surface area (Å²) >= 11 is 0. The second kappa shape index (κ2) is 8.20. The molecule has 6 nitrogen and oxygen atoms in total. The van der Waals surface area contributed by atoms with Gasteiger partial charge in [0.25, 0.3) is 5.91 Å². The maximum absolute atomic E-state index is 11.6. The van der Waals surface area contributed by atoms with E-state index in [4.69, 9.17) is 5.11 Å². The first kappa shape index (κ1) is 15.1. The normalized spacial score (nSPS) is 11.8. The fourth-order valence-electron chi connectivity index (χ4n) is 1.67. The molecule has 1 aromatic heterocycles. The van der Waals surface area contributed by atoms with E-state index in [2.05, 4.69) is 15.6 Å². The fourth-order valence-corrected chi connectivity index (χ4v) is 1.67. The van der Waals surface area contributed by atoms with Crippen LogP contribution in [0.3, 0.4) is 0 Å². The number of hydrogen-bond acceptors (Lipinski definition) is 4. The highest BCUT2D eigenvalue weighted by atomic mass is 16.4. The summed E-state index contributed by atoms with van der Waals surface area (Å²) in [7, 11) is 1.63. The van der Waals surface area contributed by atoms with Gasteiger partial charge in [0.15, 0.2) is 0 Å². The Morgan fingerprint density at radius 2 is 2.21 bits per heavy atom. The average molecular weight is 265 g/mol. The van der Waals surface area contributed by atoms with Crippen LogP contribution in [0.5, 0.6) is 0 Å². The number of pyridine rings is 1. The molecule has 6 heteroatoms. The lowest BCUT2D eigenvalue weighted by atomic mass is 10.1. The quantitative estimate of drug-likeness (QED) is 0.600. The monoisotopic (exact) mass is 265 g/mol. The van der Waals surface area contributed by atoms with Crippen LogP contribution in [0, 0.1) is 0 Å². The van der Waals surface area contributed by atoms with Crippen LogP contribution in [0.2, 0.25) is 0 Å². The summed E-state index contributed by atoms with van der Waals surface area (Å²) in [5.74, 6) is -1.00. The Morgan fingerprint density at radius 3 is 2.79 bits per heavy atom. The van der Waals surface area contributed by atoms with E-state index in [1.54, 1.807) is 25.4 Å². The summed E-state index contributed by atoms with van der Waals surface area (Å²) in [6, 6.07) is 2.89. The molecule has 19 heavy (non-hydrogen) atoms. The van der Waals surface area contributed by atoms with E-state index in [9.17, 15) is 9.59 Å². The van der Waals surface area contributed by atoms with Crippen LogP contribution >= 0.6 is 0 Å². The highest BCUT2D eigenvalue weighted by Gasteiger charge is 2.13. The van der Waals surface area contributed by atoms with Crippen LogP contribution in [0.1, 0.15) is 29.6 Å². The van der Waals surface area contributed by atoms with Gasteiger partial charge in [-0.15, -0.1) is 0 Å². The van der Waals surface area contributed by atoms with Crippen molar-refractivity contribution in [3.05, 3.63) is 30.1 Å². The summed E-state index contributed by atoms with van der Waals surface area (Å²) in [5.41, 5.74) is 0.529. The van der Waals surface area contributed by atoms with Crippen LogP contribution in [0.4, 0.5) is 0 Å². The molecule has 104 valence electrons. The number of carboxylic acid groups (broad SMARTS) is 1. The number of rotatable bonds is 8. The number of hydrogen-bond donors (Lipinski definition) is 3. The Bertz CT molecular complexity index is 409. The van der Waals surface area contributed by atoms with Gasteiger partial charge in [-0.25, -0.2) is 0 Å². The van der Waals surface area contributed by atoms with Crippen molar-refractivity contribution in [2.75, 3.05) is 13.6 Å². The molecule has 0 saturated heterocycles. The number of amides is 1. The van der Waals surface area contributed by atoms with E-state index in [1.165, 1.54) is 6.20 Å². The first-order valence-corrected chi connectivity index (χ1v) is 6.23. The molecule has 0 aliphatic heterocycles. The summed E-state index contributed by atoms with van der Waals surface area (Å²) < 4.78 is 0. The van der Waals surface area contributed by atoms with E-state index in [0.29, 0.717) is 18.5 Å². The zero-order chi connectivity index (χ0) is 14.1. The lowest BCUT2D eigenvalue weighted by Crippen LogP contribution is -2.33. The van der Waals surface area contributed by atoms with Crippen molar-refractivity contribution in [3.8, 4) is 0 Å². The first-order valence-electron chi connectivity index (χ1n) is 6.23. The van der Waals surface area contributed by atoms with Crippen molar-refractivity contribution in [1.82, 2.24) is 15.6 Å². The number of aliphatic carboxylic acids is 1. The van der Waals surface area contributed by atoms with Gasteiger partial charge in [0, 0.05) is 18.9 Å². The minimum Gasteiger partial charge on any atom is -0.480 e. The first-order chi connectivity index (χ1) is 9.15. The second-order valence-electron chi connectivity index (χ2n) is 4.17. The standard InChI is InChI=1S/C13H19N3O3/c1-14-11(13(18)19)6-2-3-8-16-12(17)10-5-4-7-15-9-10/h4-5,7,9,11,14H,2-3,6,8H2,1H3,(H,16,17)(H,18,19)/t11-/m0/s1. The molecule has 1 amide bonds. The zero-order valence-corrected chi connectivity index (χ0v) is 10.9. The van der Waals surface area contributed by atoms with Gasteiger partial charge >= 0.3 is 5.97 Å². The number of unbranched alkanes of at least 4 members (excludes halogenated alkanes) is 1. The van der Waals surface area contributed by atoms with Crippen LogP contribution in [0.15, 0.2) is 24.5 Å². The summed E-state index contributed by atoms with van der Waals surface area (Å²) in [6.45, 7) is 0.532. The Hall–Kier alpha value is -1.95. The molecule has 1 heterocycles. The summed E-state index contributed by atoms with van der Waals surface area (Å²) in [6.07, 6.45) is 5.16. The van der Waals surface area contributed by atoms with Crippen molar-refractivity contribution >= 4 is 11.9 Å². The number of aromatic nitrogens is 1. The minimum absolute atomic E-state index is 0.156. The lowest BCUT2D eigenvalue weighted by Gasteiger charge is -2.10. The highest BCUT2D eigenvalue weighted by molar-refractivity contribution is 5.93. The molecule has 0 aromatic carbocycles. The number of nitrogens with zero attached hydrogens (tertiary/aromatic N) is 1. The SMILES string of the molecule is CN[C@@H](CCCCNC(=O)c1cccnc1)C(=O)O. The van der Waals surface area contributed by atoms with Crippen molar-refractivity contribution in [3.63, 3.8) is 0 Å². The van der Waals surface area contributed by atoms with Crippen molar-refractivity contribution < 1.29 is 14.7 Å². The average Bonchev–Trinajstić information content (AvgIpc) is 2.43. The largest absolute Gasteiger partial charge is 0.480 e. The molecule has 0 unspecified atom stereocenters. The van der Waals surface area contributed by atoms with Crippen LogP contribution in [-0.4, -0.2) is 41.6 Å². The van der Waals surface area contributed by atoms with E-state index in [0.717, 1.165) is 12.8 Å². The molecular formula is C13H19N3O3. The smallest absolute Gasteiger partial charge is 0.320 e. The minimum atomic E-state index is -0.845. The molecule has 1 rings (SSSR count). The highest BCUT2D eigenvalue weighted by Crippen LogP contribution is 2.01. The van der Waals surface area contributed by atoms with Gasteiger partial charge < -0.3 is 15.7 Å². The number of nitrogens with one attached hydrogen (secondary N) is 2. The Labute approximate surface area is 112 Å². The van der Waals surface area contributed by atoms with Gasteiger partial charge in [0.2, 0.25) is 0 Å². The molecule has 1 aromatic rings. The molecule has 3 N–H and O–H groups in total. The second-order valence-corrected chi connectivity index (χ2v) is 4.17. The molecule has 0 spiro atoms. The van der Waals surface area contributed by atoms with Gasteiger partial charge in [-0.1, -0.05) is 0 Å². The Balaban J connectivity index is 2.18. The number of carboxylic acids is 1. The van der Waals surface area contributed by atoms with Gasteiger partial charge in [0.05, 0.1) is 5.56 Å². The predicted molar refractivity (Wildman–Crippen MR) is 70.9 cm³/mol. The van der Waals surface area contributed by atoms with Gasteiger partial charge in [0.1, 0.15) is 6.04 Å². The Morgan fingerprint density at radius 1 is 1.42 bits per heavy atom. The molecule has 0 radical (unpaired) electrons. The van der Waals surface area contributed by atoms with Crippen molar-refractivity contribution in [1.29, 1.82) is 0 Å². The third-order valence-corrected chi connectivity index (χ3v) is 2.78. The van der Waals surface area contributed by atoms with E-state index in [1.807, 2.05) is 0 Å². The molecule has 0 bridgehead atoms. The molecule has 0 aliphatic rings. The molecule has 1 atom stereocenters. The van der Waals surface area contributed by atoms with Gasteiger partial charge in [-0.3, -0.25) is 14.6 Å². The molecule has 0 fully saturated rings. The fraction of sp³-hybridized carbons (Fsp3) is 0.462. The predicted octanol–water partition coefficient (Wildman–Crippen LogP) is 0.654. The maximum Gasteiger partial charge on any atom is 0.320 e. The molecular weight excluding hydrogens is 246 g/mol. The van der Waals surface area contributed by atoms with Crippen molar-refractivity contribution in [2.45, 2.75) is 25.3 Å². The summed E-state index contributed by atoms with van der Waals surface area (Å²) in [4.78, 5) is 26.3. The van der Waals surface area contributed by atoms with Crippen LogP contribution < -0.4 is 10.6 Å². The Kier molecular flexibility index (Phi) is 6.52. The number of carbonyl (C=O) groups is 2. The molecule has 0 saturated carbocycles. The zero-order valence-electron chi connectivity index (χ0n) is 10.9. The van der Waals surface area contributed by atoms with E-state index in [-0.39, 0.29) is 5.91 Å². The third-order valence-electron chi connectivity index (χ3n) is 2.78. The van der Waals surface area contributed by atoms with Gasteiger partial charge in [-0.05, 0) is 38.4 Å². The number of carbonyl (C=O) groups excluding carboxylic acids is 1. The van der Waals surface area contributed by atoms with Crippen LogP contribution in [-0.2, 0) is 4.79 Å². The lowest BCUT2D eigenvalue weighted by molar-refractivity contribution is -0.139. The van der Waals surface area contributed by atoms with Crippen LogP contribution in [0.25, 0.3) is 0 Å². The van der Waals surface area contributed by atoms with Crippen molar-refractivity contribution in [2.24, 2.45) is 0 Å². The maximum atomic E-state index is 11.6.